The summed E-state index contributed by atoms with van der Waals surface area (Å²) in [7, 11) is 0. The third-order valence-electron chi connectivity index (χ3n) is 4.72. The number of amides is 1. The largest absolute Gasteiger partial charge is 0.379 e. The lowest BCUT2D eigenvalue weighted by atomic mass is 10.1. The summed E-state index contributed by atoms with van der Waals surface area (Å²) in [5, 5.41) is 15.0. The predicted molar refractivity (Wildman–Crippen MR) is 103 cm³/mol. The summed E-state index contributed by atoms with van der Waals surface area (Å²) in [6.45, 7) is 8.60. The number of hydrogen-bond donors (Lipinski definition) is 1. The summed E-state index contributed by atoms with van der Waals surface area (Å²) in [4.78, 5) is 19.0. The van der Waals surface area contributed by atoms with E-state index in [2.05, 4.69) is 30.7 Å². The molecule has 1 N–H and O–H groups in total. The highest BCUT2D eigenvalue weighted by atomic mass is 16.5. The van der Waals surface area contributed by atoms with Crippen molar-refractivity contribution < 1.29 is 9.53 Å². The summed E-state index contributed by atoms with van der Waals surface area (Å²) in [6.07, 6.45) is 1.87. The third-order valence-corrected chi connectivity index (χ3v) is 4.72. The van der Waals surface area contributed by atoms with Gasteiger partial charge in [0.1, 0.15) is 0 Å². The van der Waals surface area contributed by atoms with Crippen LogP contribution in [-0.4, -0.2) is 68.3 Å². The maximum atomic E-state index is 12.2. The molecule has 28 heavy (non-hydrogen) atoms. The molecule has 0 aliphatic carbocycles. The Kier molecular flexibility index (Phi) is 7.44. The Morgan fingerprint density at radius 3 is 2.93 bits per heavy atom. The monoisotopic (exact) mass is 387 g/mol. The van der Waals surface area contributed by atoms with Crippen LogP contribution in [0.25, 0.3) is 0 Å². The van der Waals surface area contributed by atoms with E-state index in [1.54, 1.807) is 4.68 Å². The average molecular weight is 387 g/mol. The van der Waals surface area contributed by atoms with Crippen LogP contribution in [0.4, 0.5) is 0 Å². The lowest BCUT2D eigenvalue weighted by molar-refractivity contribution is -0.121. The van der Waals surface area contributed by atoms with Crippen LogP contribution in [0.15, 0.2) is 18.2 Å². The van der Waals surface area contributed by atoms with Crippen LogP contribution >= 0.6 is 0 Å². The van der Waals surface area contributed by atoms with E-state index in [0.717, 1.165) is 49.9 Å². The second-order valence-electron chi connectivity index (χ2n) is 7.25. The Morgan fingerprint density at radius 1 is 1.32 bits per heavy atom. The molecule has 0 aromatic carbocycles. The van der Waals surface area contributed by atoms with Gasteiger partial charge in [0, 0.05) is 49.9 Å². The Bertz CT molecular complexity index is 758. The van der Waals surface area contributed by atoms with Crippen molar-refractivity contribution in [2.75, 3.05) is 26.3 Å². The number of rotatable bonds is 9. The maximum Gasteiger partial charge on any atom is 0.220 e. The molecule has 9 heteroatoms. The fraction of sp³-hybridized carbons (Fsp3) is 0.632. The molecule has 1 amide bonds. The Morgan fingerprint density at radius 2 is 2.14 bits per heavy atom. The van der Waals surface area contributed by atoms with Crippen molar-refractivity contribution in [3.8, 4) is 0 Å². The molecule has 0 spiro atoms. The summed E-state index contributed by atoms with van der Waals surface area (Å²) in [6, 6.07) is 6.00. The highest BCUT2D eigenvalue weighted by Gasteiger charge is 2.15. The zero-order chi connectivity index (χ0) is 19.8. The molecule has 1 aliphatic heterocycles. The molecule has 1 saturated heterocycles. The van der Waals surface area contributed by atoms with Crippen LogP contribution in [0.5, 0.6) is 0 Å². The minimum atomic E-state index is 0.0444. The zero-order valence-electron chi connectivity index (χ0n) is 16.7. The van der Waals surface area contributed by atoms with Crippen molar-refractivity contribution in [1.82, 2.24) is 35.4 Å². The van der Waals surface area contributed by atoms with Gasteiger partial charge in [0.15, 0.2) is 5.82 Å². The number of tetrazole rings is 1. The number of ether oxygens (including phenoxy) is 1. The van der Waals surface area contributed by atoms with E-state index < -0.39 is 0 Å². The molecule has 9 nitrogen and oxygen atoms in total. The van der Waals surface area contributed by atoms with Gasteiger partial charge in [0.05, 0.1) is 19.8 Å². The van der Waals surface area contributed by atoms with Gasteiger partial charge in [0.25, 0.3) is 0 Å². The molecule has 1 aliphatic rings. The standard InChI is InChI=1S/C19H29N7O2/c1-15-5-3-6-17(20-15)13-16(2)21-19(27)7-4-8-26-18(22-23-24-26)14-25-9-11-28-12-10-25/h3,5-6,16H,4,7-14H2,1-2H3,(H,21,27)/t16-/m0/s1. The molecule has 1 fully saturated rings. The fourth-order valence-corrected chi connectivity index (χ4v) is 3.28. The van der Waals surface area contributed by atoms with Gasteiger partial charge in [-0.05, 0) is 42.8 Å². The van der Waals surface area contributed by atoms with E-state index in [-0.39, 0.29) is 11.9 Å². The second-order valence-corrected chi connectivity index (χ2v) is 7.25. The molecule has 1 atom stereocenters. The van der Waals surface area contributed by atoms with E-state index in [0.29, 0.717) is 25.9 Å². The number of aryl methyl sites for hydroxylation is 2. The van der Waals surface area contributed by atoms with Crippen molar-refractivity contribution >= 4 is 5.91 Å². The summed E-state index contributed by atoms with van der Waals surface area (Å²) >= 11 is 0. The first kappa shape index (κ1) is 20.3. The quantitative estimate of drug-likeness (QED) is 0.677. The SMILES string of the molecule is Cc1cccc(C[C@H](C)NC(=O)CCCn2nnnc2CN2CCOCC2)n1. The molecule has 3 heterocycles. The Balaban J connectivity index is 1.39. The topological polar surface area (TPSA) is 98.1 Å². The molecular weight excluding hydrogens is 358 g/mol. The summed E-state index contributed by atoms with van der Waals surface area (Å²) in [5.41, 5.74) is 1.99. The van der Waals surface area contributed by atoms with Crippen LogP contribution in [0, 0.1) is 6.92 Å². The number of pyridine rings is 1. The minimum absolute atomic E-state index is 0.0444. The van der Waals surface area contributed by atoms with Gasteiger partial charge in [-0.3, -0.25) is 14.7 Å². The van der Waals surface area contributed by atoms with E-state index >= 15 is 0 Å². The minimum Gasteiger partial charge on any atom is -0.379 e. The van der Waals surface area contributed by atoms with E-state index in [1.165, 1.54) is 0 Å². The number of carbonyl (C=O) groups excluding carboxylic acids is 1. The highest BCUT2D eigenvalue weighted by Crippen LogP contribution is 2.06. The van der Waals surface area contributed by atoms with Crippen LogP contribution in [-0.2, 0) is 29.0 Å². The molecule has 2 aromatic heterocycles. The molecule has 2 aromatic rings. The van der Waals surface area contributed by atoms with Crippen LogP contribution in [0.2, 0.25) is 0 Å². The summed E-state index contributed by atoms with van der Waals surface area (Å²) in [5.74, 6) is 0.879. The first-order valence-corrected chi connectivity index (χ1v) is 9.87. The Hall–Kier alpha value is -2.39. The normalized spacial score (nSPS) is 16.1. The van der Waals surface area contributed by atoms with Gasteiger partial charge in [-0.1, -0.05) is 6.07 Å². The van der Waals surface area contributed by atoms with Crippen LogP contribution in [0.3, 0.4) is 0 Å². The van der Waals surface area contributed by atoms with Gasteiger partial charge >= 0.3 is 0 Å². The number of nitrogens with zero attached hydrogens (tertiary/aromatic N) is 6. The molecular formula is C19H29N7O2. The Labute approximate surface area is 165 Å². The third kappa shape index (κ3) is 6.35. The zero-order valence-corrected chi connectivity index (χ0v) is 16.7. The number of hydrogen-bond acceptors (Lipinski definition) is 7. The van der Waals surface area contributed by atoms with Gasteiger partial charge < -0.3 is 10.1 Å². The van der Waals surface area contributed by atoms with Crippen molar-refractivity contribution in [2.24, 2.45) is 0 Å². The molecule has 0 radical (unpaired) electrons. The lowest BCUT2D eigenvalue weighted by Gasteiger charge is -2.25. The number of carbonyl (C=O) groups is 1. The number of aromatic nitrogens is 5. The van der Waals surface area contributed by atoms with Crippen LogP contribution < -0.4 is 5.32 Å². The lowest BCUT2D eigenvalue weighted by Crippen LogP contribution is -2.36. The van der Waals surface area contributed by atoms with Crippen molar-refractivity contribution in [1.29, 1.82) is 0 Å². The molecule has 0 unspecified atom stereocenters. The number of nitrogens with one attached hydrogen (secondary N) is 1. The van der Waals surface area contributed by atoms with Gasteiger partial charge in [-0.2, -0.15) is 0 Å². The molecule has 3 rings (SSSR count). The average Bonchev–Trinajstić information content (AvgIpc) is 3.09. The van der Waals surface area contributed by atoms with Gasteiger partial charge in [-0.15, -0.1) is 5.10 Å². The number of morpholine rings is 1. The van der Waals surface area contributed by atoms with E-state index in [1.807, 2.05) is 32.0 Å². The molecule has 0 bridgehead atoms. The van der Waals surface area contributed by atoms with Gasteiger partial charge in [0.2, 0.25) is 5.91 Å². The van der Waals surface area contributed by atoms with Crippen molar-refractivity contribution in [2.45, 2.75) is 52.2 Å². The van der Waals surface area contributed by atoms with E-state index in [4.69, 9.17) is 4.74 Å². The maximum absolute atomic E-state index is 12.2. The fourth-order valence-electron chi connectivity index (χ4n) is 3.28. The van der Waals surface area contributed by atoms with E-state index in [9.17, 15) is 4.79 Å². The first-order valence-electron chi connectivity index (χ1n) is 9.87. The van der Waals surface area contributed by atoms with Gasteiger partial charge in [-0.25, -0.2) is 4.68 Å². The molecule has 0 saturated carbocycles. The summed E-state index contributed by atoms with van der Waals surface area (Å²) < 4.78 is 7.16. The highest BCUT2D eigenvalue weighted by molar-refractivity contribution is 5.76. The predicted octanol–water partition coefficient (Wildman–Crippen LogP) is 0.736. The first-order chi connectivity index (χ1) is 13.6. The van der Waals surface area contributed by atoms with Crippen molar-refractivity contribution in [3.63, 3.8) is 0 Å². The molecule has 152 valence electrons. The second kappa shape index (κ2) is 10.2. The van der Waals surface area contributed by atoms with Crippen LogP contribution in [0.1, 0.15) is 37.0 Å². The van der Waals surface area contributed by atoms with Crippen molar-refractivity contribution in [3.05, 3.63) is 35.4 Å². The smallest absolute Gasteiger partial charge is 0.220 e.